The largest absolute Gasteiger partial charge is 0.351 e. The lowest BCUT2D eigenvalue weighted by Crippen LogP contribution is -2.27. The van der Waals surface area contributed by atoms with Gasteiger partial charge in [-0.1, -0.05) is 49.9 Å². The molecule has 1 aromatic carbocycles. The van der Waals surface area contributed by atoms with Crippen molar-refractivity contribution in [1.29, 1.82) is 0 Å². The number of carbonyl (C=O) groups is 1. The first-order chi connectivity index (χ1) is 12.5. The van der Waals surface area contributed by atoms with Crippen LogP contribution in [0.2, 0.25) is 0 Å². The number of benzene rings is 1. The van der Waals surface area contributed by atoms with Crippen LogP contribution in [-0.4, -0.2) is 44.4 Å². The molecule has 0 atom stereocenters. The number of aromatic nitrogens is 3. The van der Waals surface area contributed by atoms with Crippen molar-refractivity contribution in [1.82, 2.24) is 25.0 Å². The van der Waals surface area contributed by atoms with E-state index < -0.39 is 0 Å². The molecule has 6 nitrogen and oxygen atoms in total. The van der Waals surface area contributed by atoms with Crippen molar-refractivity contribution < 1.29 is 4.79 Å². The molecular weight excluding hydrogens is 346 g/mol. The molecule has 1 amide bonds. The molecule has 0 aliphatic carbocycles. The molecule has 0 fully saturated rings. The summed E-state index contributed by atoms with van der Waals surface area (Å²) in [4.78, 5) is 14.6. The summed E-state index contributed by atoms with van der Waals surface area (Å²) in [5.74, 6) is 0.342. The van der Waals surface area contributed by atoms with Gasteiger partial charge in [0.15, 0.2) is 5.16 Å². The predicted molar refractivity (Wildman–Crippen MR) is 106 cm³/mol. The average molecular weight is 376 g/mol. The first-order valence-corrected chi connectivity index (χ1v) is 10.1. The molecule has 0 aliphatic heterocycles. The lowest BCUT2D eigenvalue weighted by molar-refractivity contribution is -0.118. The van der Waals surface area contributed by atoms with Crippen molar-refractivity contribution in [3.63, 3.8) is 0 Å². The van der Waals surface area contributed by atoms with Crippen LogP contribution < -0.4 is 5.32 Å². The molecule has 7 heteroatoms. The van der Waals surface area contributed by atoms with Crippen molar-refractivity contribution in [3.05, 3.63) is 41.7 Å². The molecule has 142 valence electrons. The molecule has 0 aliphatic rings. The second-order valence-electron chi connectivity index (χ2n) is 6.41. The van der Waals surface area contributed by atoms with E-state index in [0.717, 1.165) is 24.8 Å². The van der Waals surface area contributed by atoms with Gasteiger partial charge < -0.3 is 9.88 Å². The quantitative estimate of drug-likeness (QED) is 0.647. The molecule has 0 unspecified atom stereocenters. The van der Waals surface area contributed by atoms with Crippen LogP contribution in [0.5, 0.6) is 0 Å². The van der Waals surface area contributed by atoms with E-state index in [1.807, 2.05) is 10.6 Å². The average Bonchev–Trinajstić information content (AvgIpc) is 3.12. The predicted octanol–water partition coefficient (Wildman–Crippen LogP) is 3.11. The van der Waals surface area contributed by atoms with E-state index >= 15 is 0 Å². The highest BCUT2D eigenvalue weighted by Crippen LogP contribution is 2.18. The monoisotopic (exact) mass is 375 g/mol. The fraction of sp³-hybridized carbons (Fsp3) is 0.526. The van der Waals surface area contributed by atoms with Gasteiger partial charge in [0.1, 0.15) is 6.33 Å². The first kappa shape index (κ1) is 20.5. The standard InChI is InChI=1S/C19H29N5OS/c1-5-23(6-2)12-17-10-8-7-9-16(17)11-20-18(25)13-26-19-22-21-14-24(19)15(3)4/h7-10,14-15H,5-6,11-13H2,1-4H3,(H,20,25). The molecule has 2 rings (SSSR count). The molecule has 1 aromatic heterocycles. The number of amides is 1. The van der Waals surface area contributed by atoms with E-state index in [1.54, 1.807) is 6.33 Å². The summed E-state index contributed by atoms with van der Waals surface area (Å²) >= 11 is 1.42. The summed E-state index contributed by atoms with van der Waals surface area (Å²) in [6.07, 6.45) is 1.70. The first-order valence-electron chi connectivity index (χ1n) is 9.13. The molecule has 2 aromatic rings. The smallest absolute Gasteiger partial charge is 0.230 e. The number of nitrogens with zero attached hydrogens (tertiary/aromatic N) is 4. The molecule has 0 saturated heterocycles. The number of hydrogen-bond acceptors (Lipinski definition) is 5. The minimum absolute atomic E-state index is 0.00551. The zero-order valence-electron chi connectivity index (χ0n) is 16.1. The molecule has 0 spiro atoms. The van der Waals surface area contributed by atoms with Crippen LogP contribution in [-0.2, 0) is 17.9 Å². The lowest BCUT2D eigenvalue weighted by atomic mass is 10.1. The van der Waals surface area contributed by atoms with Crippen LogP contribution >= 0.6 is 11.8 Å². The fourth-order valence-corrected chi connectivity index (χ4v) is 3.51. The summed E-state index contributed by atoms with van der Waals surface area (Å²) in [6.45, 7) is 12.0. The number of thioether (sulfide) groups is 1. The van der Waals surface area contributed by atoms with Gasteiger partial charge in [-0.05, 0) is 38.1 Å². The Bertz CT molecular complexity index is 697. The summed E-state index contributed by atoms with van der Waals surface area (Å²) < 4.78 is 1.97. The number of hydrogen-bond donors (Lipinski definition) is 1. The summed E-state index contributed by atoms with van der Waals surface area (Å²) in [5, 5.41) is 11.8. The van der Waals surface area contributed by atoms with Gasteiger partial charge in [-0.2, -0.15) is 0 Å². The van der Waals surface area contributed by atoms with Crippen molar-refractivity contribution in [3.8, 4) is 0 Å². The van der Waals surface area contributed by atoms with Crippen molar-refractivity contribution in [2.75, 3.05) is 18.8 Å². The van der Waals surface area contributed by atoms with E-state index in [1.165, 1.54) is 22.9 Å². The van der Waals surface area contributed by atoms with Crippen molar-refractivity contribution >= 4 is 17.7 Å². The fourth-order valence-electron chi connectivity index (χ4n) is 2.64. The Morgan fingerprint density at radius 2 is 1.92 bits per heavy atom. The van der Waals surface area contributed by atoms with Gasteiger partial charge in [0.25, 0.3) is 0 Å². The number of rotatable bonds is 10. The minimum Gasteiger partial charge on any atom is -0.351 e. The molecule has 0 bridgehead atoms. The van der Waals surface area contributed by atoms with E-state index in [-0.39, 0.29) is 11.9 Å². The Morgan fingerprint density at radius 3 is 2.58 bits per heavy atom. The third-order valence-corrected chi connectivity index (χ3v) is 5.27. The van der Waals surface area contributed by atoms with Crippen LogP contribution in [0.3, 0.4) is 0 Å². The van der Waals surface area contributed by atoms with Crippen LogP contribution in [0, 0.1) is 0 Å². The van der Waals surface area contributed by atoms with Gasteiger partial charge in [-0.25, -0.2) is 0 Å². The van der Waals surface area contributed by atoms with Gasteiger partial charge in [-0.15, -0.1) is 10.2 Å². The molecular formula is C19H29N5OS. The SMILES string of the molecule is CCN(CC)Cc1ccccc1CNC(=O)CSc1nncn1C(C)C. The van der Waals surface area contributed by atoms with Crippen LogP contribution in [0.15, 0.2) is 35.7 Å². The van der Waals surface area contributed by atoms with Crippen LogP contribution in [0.4, 0.5) is 0 Å². The van der Waals surface area contributed by atoms with Crippen molar-refractivity contribution in [2.45, 2.75) is 52.0 Å². The van der Waals surface area contributed by atoms with E-state index in [9.17, 15) is 4.79 Å². The number of carbonyl (C=O) groups excluding carboxylic acids is 1. The van der Waals surface area contributed by atoms with E-state index in [0.29, 0.717) is 12.3 Å². The maximum Gasteiger partial charge on any atom is 0.230 e. The van der Waals surface area contributed by atoms with Crippen LogP contribution in [0.1, 0.15) is 44.9 Å². The van der Waals surface area contributed by atoms with Gasteiger partial charge >= 0.3 is 0 Å². The van der Waals surface area contributed by atoms with Gasteiger partial charge in [0.2, 0.25) is 5.91 Å². The van der Waals surface area contributed by atoms with Crippen molar-refractivity contribution in [2.24, 2.45) is 0 Å². The molecule has 0 radical (unpaired) electrons. The van der Waals surface area contributed by atoms with Gasteiger partial charge in [0.05, 0.1) is 5.75 Å². The van der Waals surface area contributed by atoms with Gasteiger partial charge in [0, 0.05) is 19.1 Å². The molecule has 1 heterocycles. The van der Waals surface area contributed by atoms with E-state index in [4.69, 9.17) is 0 Å². The highest BCUT2D eigenvalue weighted by molar-refractivity contribution is 7.99. The van der Waals surface area contributed by atoms with Gasteiger partial charge in [-0.3, -0.25) is 9.69 Å². The summed E-state index contributed by atoms with van der Waals surface area (Å²) in [7, 11) is 0. The maximum absolute atomic E-state index is 12.2. The third-order valence-electron chi connectivity index (χ3n) is 4.31. The molecule has 0 saturated carbocycles. The topological polar surface area (TPSA) is 63.1 Å². The highest BCUT2D eigenvalue weighted by atomic mass is 32.2. The third kappa shape index (κ3) is 5.85. The zero-order chi connectivity index (χ0) is 18.9. The Kier molecular flexibility index (Phi) is 8.12. The summed E-state index contributed by atoms with van der Waals surface area (Å²) in [5.41, 5.74) is 2.44. The normalized spacial score (nSPS) is 11.3. The van der Waals surface area contributed by atoms with E-state index in [2.05, 4.69) is 66.3 Å². The minimum atomic E-state index is 0.00551. The second-order valence-corrected chi connectivity index (χ2v) is 7.35. The Balaban J connectivity index is 1.88. The molecule has 26 heavy (non-hydrogen) atoms. The Labute approximate surface area is 160 Å². The highest BCUT2D eigenvalue weighted by Gasteiger charge is 2.11. The second kappa shape index (κ2) is 10.3. The maximum atomic E-state index is 12.2. The zero-order valence-corrected chi connectivity index (χ0v) is 16.9. The van der Waals surface area contributed by atoms with Crippen LogP contribution in [0.25, 0.3) is 0 Å². The number of nitrogens with one attached hydrogen (secondary N) is 1. The molecule has 1 N–H and O–H groups in total. The summed E-state index contributed by atoms with van der Waals surface area (Å²) in [6, 6.07) is 8.58. The Hall–Kier alpha value is -1.86. The lowest BCUT2D eigenvalue weighted by Gasteiger charge is -2.20. The Morgan fingerprint density at radius 1 is 1.23 bits per heavy atom.